The Bertz CT molecular complexity index is 632. The molecule has 1 saturated heterocycles. The van der Waals surface area contributed by atoms with Gasteiger partial charge in [-0.1, -0.05) is 0 Å². The Morgan fingerprint density at radius 2 is 2.29 bits per heavy atom. The summed E-state index contributed by atoms with van der Waals surface area (Å²) in [7, 11) is -1.12. The summed E-state index contributed by atoms with van der Waals surface area (Å²) in [4.78, 5) is 19.6. The Morgan fingerprint density at radius 3 is 2.95 bits per heavy atom. The van der Waals surface area contributed by atoms with Gasteiger partial charge in [-0.15, -0.1) is 11.3 Å². The monoisotopic (exact) mass is 329 g/mol. The van der Waals surface area contributed by atoms with Crippen molar-refractivity contribution in [2.24, 2.45) is 0 Å². The molecule has 1 fully saturated rings. The number of hydrogen-bond acceptors (Lipinski definition) is 6. The number of anilines is 1. The minimum Gasteiger partial charge on any atom is -0.301 e. The van der Waals surface area contributed by atoms with E-state index in [0.717, 1.165) is 25.0 Å². The van der Waals surface area contributed by atoms with Gasteiger partial charge < -0.3 is 5.32 Å². The van der Waals surface area contributed by atoms with Crippen molar-refractivity contribution < 1.29 is 13.2 Å². The molecule has 1 aliphatic heterocycles. The second kappa shape index (κ2) is 5.66. The van der Waals surface area contributed by atoms with Crippen LogP contribution in [-0.4, -0.2) is 55.3 Å². The number of nitrogens with zero attached hydrogens (tertiary/aromatic N) is 2. The van der Waals surface area contributed by atoms with Gasteiger partial charge in [-0.2, -0.15) is 0 Å². The van der Waals surface area contributed by atoms with Crippen molar-refractivity contribution >= 4 is 32.2 Å². The second-order valence-corrected chi connectivity index (χ2v) is 9.07. The smallest absolute Gasteiger partial charge is 0.240 e. The van der Waals surface area contributed by atoms with Crippen molar-refractivity contribution in [2.75, 3.05) is 30.4 Å². The van der Waals surface area contributed by atoms with E-state index < -0.39 is 9.84 Å². The Labute approximate surface area is 128 Å². The summed E-state index contributed by atoms with van der Waals surface area (Å²) in [5.41, 5.74) is 1.12. The van der Waals surface area contributed by atoms with Gasteiger partial charge in [-0.05, 0) is 32.7 Å². The van der Waals surface area contributed by atoms with Crippen LogP contribution in [0.2, 0.25) is 0 Å². The zero-order chi connectivity index (χ0) is 15.0. The van der Waals surface area contributed by atoms with Crippen molar-refractivity contribution in [2.45, 2.75) is 31.7 Å². The molecule has 1 amide bonds. The SMILES string of the molecule is CN(CC(=O)Nc1nc2c(s1)CCC2)[C@H]1CCS(=O)(=O)C1. The number of amides is 1. The van der Waals surface area contributed by atoms with Crippen LogP contribution in [0, 0.1) is 0 Å². The number of fused-ring (bicyclic) bond motifs is 1. The van der Waals surface area contributed by atoms with E-state index in [2.05, 4.69) is 10.3 Å². The molecule has 0 spiro atoms. The molecule has 2 aliphatic rings. The van der Waals surface area contributed by atoms with Gasteiger partial charge in [0, 0.05) is 10.9 Å². The highest BCUT2D eigenvalue weighted by atomic mass is 32.2. The van der Waals surface area contributed by atoms with Crippen LogP contribution in [0.25, 0.3) is 0 Å². The molecule has 3 rings (SSSR count). The normalized spacial score (nSPS) is 23.4. The third kappa shape index (κ3) is 3.44. The quantitative estimate of drug-likeness (QED) is 0.879. The summed E-state index contributed by atoms with van der Waals surface area (Å²) in [6.45, 7) is 0.199. The summed E-state index contributed by atoms with van der Waals surface area (Å²) in [6, 6.07) is -0.0537. The molecule has 1 aromatic heterocycles. The Kier molecular flexibility index (Phi) is 4.02. The highest BCUT2D eigenvalue weighted by Crippen LogP contribution is 2.30. The number of thiazole rings is 1. The average molecular weight is 329 g/mol. The topological polar surface area (TPSA) is 79.4 Å². The molecule has 0 aromatic carbocycles. The number of carbonyl (C=O) groups excluding carboxylic acids is 1. The molecule has 0 bridgehead atoms. The fraction of sp³-hybridized carbons (Fsp3) is 0.692. The summed E-state index contributed by atoms with van der Waals surface area (Å²) >= 11 is 1.55. The molecular weight excluding hydrogens is 310 g/mol. The number of carbonyl (C=O) groups is 1. The van der Waals surface area contributed by atoms with Crippen LogP contribution in [0.15, 0.2) is 0 Å². The minimum absolute atomic E-state index is 0.0537. The predicted octanol–water partition coefficient (Wildman–Crippen LogP) is 0.689. The first-order chi connectivity index (χ1) is 9.93. The van der Waals surface area contributed by atoms with E-state index in [4.69, 9.17) is 0 Å². The van der Waals surface area contributed by atoms with Gasteiger partial charge in [-0.3, -0.25) is 9.69 Å². The van der Waals surface area contributed by atoms with E-state index in [1.807, 2.05) is 4.90 Å². The van der Waals surface area contributed by atoms with Crippen LogP contribution in [0.3, 0.4) is 0 Å². The van der Waals surface area contributed by atoms with Crippen LogP contribution in [0.1, 0.15) is 23.4 Å². The van der Waals surface area contributed by atoms with E-state index in [9.17, 15) is 13.2 Å². The maximum absolute atomic E-state index is 12.0. The number of aryl methyl sites for hydroxylation is 2. The molecule has 0 unspecified atom stereocenters. The third-order valence-electron chi connectivity index (χ3n) is 4.07. The fourth-order valence-corrected chi connectivity index (χ4v) is 5.75. The molecule has 6 nitrogen and oxygen atoms in total. The molecule has 8 heteroatoms. The first kappa shape index (κ1) is 14.9. The number of likely N-dealkylation sites (N-methyl/N-ethyl adjacent to an activating group) is 1. The van der Waals surface area contributed by atoms with Crippen LogP contribution in [0.4, 0.5) is 5.13 Å². The lowest BCUT2D eigenvalue weighted by Gasteiger charge is -2.21. The van der Waals surface area contributed by atoms with E-state index in [1.54, 1.807) is 18.4 Å². The van der Waals surface area contributed by atoms with E-state index >= 15 is 0 Å². The van der Waals surface area contributed by atoms with Gasteiger partial charge in [-0.25, -0.2) is 13.4 Å². The van der Waals surface area contributed by atoms with Crippen LogP contribution in [-0.2, 0) is 27.5 Å². The third-order valence-corrected chi connectivity index (χ3v) is 6.89. The molecule has 21 heavy (non-hydrogen) atoms. The molecule has 0 saturated carbocycles. The van der Waals surface area contributed by atoms with Gasteiger partial charge >= 0.3 is 0 Å². The maximum Gasteiger partial charge on any atom is 0.240 e. The molecule has 1 N–H and O–H groups in total. The lowest BCUT2D eigenvalue weighted by Crippen LogP contribution is -2.38. The van der Waals surface area contributed by atoms with Crippen LogP contribution >= 0.6 is 11.3 Å². The van der Waals surface area contributed by atoms with Gasteiger partial charge in [0.15, 0.2) is 15.0 Å². The van der Waals surface area contributed by atoms with Crippen molar-refractivity contribution in [3.05, 3.63) is 10.6 Å². The van der Waals surface area contributed by atoms with Crippen LogP contribution < -0.4 is 5.32 Å². The predicted molar refractivity (Wildman–Crippen MR) is 82.5 cm³/mol. The summed E-state index contributed by atoms with van der Waals surface area (Å²) < 4.78 is 22.9. The Morgan fingerprint density at radius 1 is 1.48 bits per heavy atom. The molecule has 116 valence electrons. The highest BCUT2D eigenvalue weighted by molar-refractivity contribution is 7.91. The van der Waals surface area contributed by atoms with E-state index in [-0.39, 0.29) is 30.0 Å². The number of nitrogens with one attached hydrogen (secondary N) is 1. The first-order valence-corrected chi connectivity index (χ1v) is 9.76. The molecule has 0 radical (unpaired) electrons. The lowest BCUT2D eigenvalue weighted by atomic mass is 10.2. The zero-order valence-corrected chi connectivity index (χ0v) is 13.6. The Balaban J connectivity index is 1.54. The highest BCUT2D eigenvalue weighted by Gasteiger charge is 2.31. The Hall–Kier alpha value is -0.990. The number of sulfone groups is 1. The van der Waals surface area contributed by atoms with Gasteiger partial charge in [0.25, 0.3) is 0 Å². The number of hydrogen-bond donors (Lipinski definition) is 1. The second-order valence-electron chi connectivity index (χ2n) is 5.76. The van der Waals surface area contributed by atoms with Gasteiger partial charge in [0.1, 0.15) is 0 Å². The van der Waals surface area contributed by atoms with Gasteiger partial charge in [0.2, 0.25) is 5.91 Å². The molecule has 2 heterocycles. The first-order valence-electron chi connectivity index (χ1n) is 7.12. The fourth-order valence-electron chi connectivity index (χ4n) is 2.88. The lowest BCUT2D eigenvalue weighted by molar-refractivity contribution is -0.117. The van der Waals surface area contributed by atoms with Crippen LogP contribution in [0.5, 0.6) is 0 Å². The van der Waals surface area contributed by atoms with E-state index in [0.29, 0.717) is 11.6 Å². The van der Waals surface area contributed by atoms with Crippen molar-refractivity contribution in [1.29, 1.82) is 0 Å². The molecule has 1 atom stereocenters. The summed E-state index contributed by atoms with van der Waals surface area (Å²) in [6.07, 6.45) is 3.82. The average Bonchev–Trinajstić information content (AvgIpc) is 3.02. The standard InChI is InChI=1S/C13H19N3O3S2/c1-16(9-5-6-21(18,19)8-9)7-12(17)15-13-14-10-3-2-4-11(10)20-13/h9H,2-8H2,1H3,(H,14,15,17)/t9-/m0/s1. The maximum atomic E-state index is 12.0. The summed E-state index contributed by atoms with van der Waals surface area (Å²) in [5, 5.41) is 3.49. The van der Waals surface area contributed by atoms with E-state index in [1.165, 1.54) is 4.88 Å². The largest absolute Gasteiger partial charge is 0.301 e. The summed E-state index contributed by atoms with van der Waals surface area (Å²) in [5.74, 6) is 0.250. The minimum atomic E-state index is -2.92. The molecule has 1 aliphatic carbocycles. The zero-order valence-electron chi connectivity index (χ0n) is 12.0. The van der Waals surface area contributed by atoms with Gasteiger partial charge in [0.05, 0.1) is 23.7 Å². The van der Waals surface area contributed by atoms with Crippen molar-refractivity contribution in [1.82, 2.24) is 9.88 Å². The van der Waals surface area contributed by atoms with Crippen molar-refractivity contribution in [3.8, 4) is 0 Å². The molecular formula is C13H19N3O3S2. The number of aromatic nitrogens is 1. The number of rotatable bonds is 4. The van der Waals surface area contributed by atoms with Crippen molar-refractivity contribution in [3.63, 3.8) is 0 Å². The molecule has 1 aromatic rings.